The summed E-state index contributed by atoms with van der Waals surface area (Å²) in [5.74, 6) is -0.108. The third-order valence-corrected chi connectivity index (χ3v) is 6.93. The first-order valence-corrected chi connectivity index (χ1v) is 11.7. The summed E-state index contributed by atoms with van der Waals surface area (Å²) < 4.78 is 28.9. The molecule has 0 bridgehead atoms. The van der Waals surface area contributed by atoms with Gasteiger partial charge in [0.25, 0.3) is 15.9 Å². The van der Waals surface area contributed by atoms with Crippen LogP contribution in [0.15, 0.2) is 65.6 Å². The first-order chi connectivity index (χ1) is 14.6. The summed E-state index contributed by atoms with van der Waals surface area (Å²) in [6.45, 7) is 9.63. The van der Waals surface area contributed by atoms with Gasteiger partial charge in [-0.1, -0.05) is 50.2 Å². The summed E-state index contributed by atoms with van der Waals surface area (Å²) in [6, 6.07) is 17.8. The fraction of sp³-hybridized carbons (Fsp3) is 0.240. The first kappa shape index (κ1) is 22.6. The van der Waals surface area contributed by atoms with Crippen LogP contribution >= 0.6 is 0 Å². The predicted octanol–water partition coefficient (Wildman–Crippen LogP) is 5.79. The molecule has 0 saturated heterocycles. The molecule has 0 aliphatic heterocycles. The SMILES string of the molecule is Cc1ccc(C(=O)Nc2ccccc2C(C)C)cc1S(=O)(=O)Nc1cccc(C)c1C. The highest BCUT2D eigenvalue weighted by Gasteiger charge is 2.21. The number of anilines is 2. The van der Waals surface area contributed by atoms with Gasteiger partial charge in [0, 0.05) is 11.3 Å². The Morgan fingerprint density at radius 3 is 2.23 bits per heavy atom. The number of aryl methyl sites for hydroxylation is 2. The van der Waals surface area contributed by atoms with E-state index in [1.165, 1.54) is 6.07 Å². The Bertz CT molecular complexity index is 1230. The van der Waals surface area contributed by atoms with Crippen molar-refractivity contribution in [1.82, 2.24) is 0 Å². The summed E-state index contributed by atoms with van der Waals surface area (Å²) in [5.41, 5.74) is 4.98. The molecule has 0 atom stereocenters. The van der Waals surface area contributed by atoms with Gasteiger partial charge in [0.2, 0.25) is 0 Å². The van der Waals surface area contributed by atoms with E-state index in [4.69, 9.17) is 0 Å². The lowest BCUT2D eigenvalue weighted by Gasteiger charge is -2.16. The Hall–Kier alpha value is -3.12. The molecule has 6 heteroatoms. The molecular weight excluding hydrogens is 408 g/mol. The third kappa shape index (κ3) is 4.97. The predicted molar refractivity (Wildman–Crippen MR) is 126 cm³/mol. The van der Waals surface area contributed by atoms with Gasteiger partial charge < -0.3 is 5.32 Å². The van der Waals surface area contributed by atoms with Gasteiger partial charge in [-0.25, -0.2) is 8.42 Å². The second-order valence-electron chi connectivity index (χ2n) is 8.03. The van der Waals surface area contributed by atoms with Crippen LogP contribution in [0.25, 0.3) is 0 Å². The van der Waals surface area contributed by atoms with Gasteiger partial charge in [0.1, 0.15) is 0 Å². The molecule has 3 aromatic carbocycles. The van der Waals surface area contributed by atoms with Crippen molar-refractivity contribution < 1.29 is 13.2 Å². The van der Waals surface area contributed by atoms with Crippen LogP contribution in [0.4, 0.5) is 11.4 Å². The Morgan fingerprint density at radius 2 is 1.52 bits per heavy atom. The number of carbonyl (C=O) groups is 1. The molecule has 0 aliphatic carbocycles. The molecule has 5 nitrogen and oxygen atoms in total. The molecule has 0 radical (unpaired) electrons. The molecule has 0 heterocycles. The molecule has 0 unspecified atom stereocenters. The number of rotatable bonds is 6. The number of hydrogen-bond donors (Lipinski definition) is 2. The maximum absolute atomic E-state index is 13.1. The van der Waals surface area contributed by atoms with Gasteiger partial charge in [0.05, 0.1) is 10.6 Å². The van der Waals surface area contributed by atoms with E-state index < -0.39 is 10.0 Å². The summed E-state index contributed by atoms with van der Waals surface area (Å²) >= 11 is 0. The summed E-state index contributed by atoms with van der Waals surface area (Å²) in [5, 5.41) is 2.92. The van der Waals surface area contributed by atoms with Crippen LogP contribution in [0.3, 0.4) is 0 Å². The lowest BCUT2D eigenvalue weighted by atomic mass is 10.0. The number of sulfonamides is 1. The fourth-order valence-corrected chi connectivity index (χ4v) is 4.80. The summed E-state index contributed by atoms with van der Waals surface area (Å²) in [7, 11) is -3.86. The maximum atomic E-state index is 13.1. The van der Waals surface area contributed by atoms with E-state index in [-0.39, 0.29) is 22.3 Å². The number of nitrogens with one attached hydrogen (secondary N) is 2. The fourth-order valence-electron chi connectivity index (χ4n) is 3.40. The molecule has 2 N–H and O–H groups in total. The van der Waals surface area contributed by atoms with Crippen LogP contribution < -0.4 is 10.0 Å². The maximum Gasteiger partial charge on any atom is 0.262 e. The van der Waals surface area contributed by atoms with Gasteiger partial charge in [-0.05, 0) is 73.2 Å². The van der Waals surface area contributed by atoms with Crippen LogP contribution in [-0.2, 0) is 10.0 Å². The van der Waals surface area contributed by atoms with E-state index in [1.54, 1.807) is 25.1 Å². The van der Waals surface area contributed by atoms with E-state index in [0.717, 1.165) is 22.4 Å². The standard InChI is InChI=1S/C25H28N2O3S/c1-16(2)21-10-6-7-11-23(21)26-25(28)20-14-13-18(4)24(15-20)31(29,30)27-22-12-8-9-17(3)19(22)5/h6-16,27H,1-5H3,(H,26,28). The Kier molecular flexibility index (Phi) is 6.51. The largest absolute Gasteiger partial charge is 0.322 e. The van der Waals surface area contributed by atoms with Crippen LogP contribution in [0.1, 0.15) is 52.4 Å². The third-order valence-electron chi connectivity index (χ3n) is 5.42. The van der Waals surface area contributed by atoms with E-state index in [1.807, 2.05) is 50.2 Å². The highest BCUT2D eigenvalue weighted by atomic mass is 32.2. The molecule has 0 fully saturated rings. The Balaban J connectivity index is 1.93. The lowest BCUT2D eigenvalue weighted by molar-refractivity contribution is 0.102. The second kappa shape index (κ2) is 8.94. The van der Waals surface area contributed by atoms with Crippen LogP contribution in [0, 0.1) is 20.8 Å². The minimum atomic E-state index is -3.86. The van der Waals surface area contributed by atoms with Crippen molar-refractivity contribution in [3.05, 3.63) is 88.5 Å². The van der Waals surface area contributed by atoms with Crippen LogP contribution in [-0.4, -0.2) is 14.3 Å². The Labute approximate surface area is 184 Å². The van der Waals surface area contributed by atoms with Gasteiger partial charge in [-0.15, -0.1) is 0 Å². The zero-order valence-corrected chi connectivity index (χ0v) is 19.3. The molecular formula is C25H28N2O3S. The van der Waals surface area contributed by atoms with Gasteiger partial charge >= 0.3 is 0 Å². The molecule has 3 rings (SSSR count). The van der Waals surface area contributed by atoms with Crippen molar-refractivity contribution in [3.63, 3.8) is 0 Å². The summed E-state index contributed by atoms with van der Waals surface area (Å²) in [4.78, 5) is 13.0. The lowest BCUT2D eigenvalue weighted by Crippen LogP contribution is -2.18. The molecule has 0 saturated carbocycles. The molecule has 0 aliphatic rings. The van der Waals surface area contributed by atoms with Gasteiger partial charge in [0.15, 0.2) is 0 Å². The van der Waals surface area contributed by atoms with E-state index in [2.05, 4.69) is 23.9 Å². The molecule has 3 aromatic rings. The topological polar surface area (TPSA) is 75.3 Å². The molecule has 0 spiro atoms. The van der Waals surface area contributed by atoms with Crippen molar-refractivity contribution >= 4 is 27.3 Å². The number of benzene rings is 3. The number of hydrogen-bond acceptors (Lipinski definition) is 3. The molecule has 0 aromatic heterocycles. The Morgan fingerprint density at radius 1 is 0.839 bits per heavy atom. The zero-order chi connectivity index (χ0) is 22.8. The normalized spacial score (nSPS) is 11.4. The second-order valence-corrected chi connectivity index (χ2v) is 9.68. The average Bonchev–Trinajstić information content (AvgIpc) is 2.71. The minimum Gasteiger partial charge on any atom is -0.322 e. The van der Waals surface area contributed by atoms with Crippen molar-refractivity contribution in [2.24, 2.45) is 0 Å². The van der Waals surface area contributed by atoms with Crippen LogP contribution in [0.2, 0.25) is 0 Å². The van der Waals surface area contributed by atoms with Crippen molar-refractivity contribution in [1.29, 1.82) is 0 Å². The van der Waals surface area contributed by atoms with Crippen molar-refractivity contribution in [3.8, 4) is 0 Å². The zero-order valence-electron chi connectivity index (χ0n) is 18.5. The summed E-state index contributed by atoms with van der Waals surface area (Å²) in [6.07, 6.45) is 0. The first-order valence-electron chi connectivity index (χ1n) is 10.2. The van der Waals surface area contributed by atoms with E-state index in [9.17, 15) is 13.2 Å². The quantitative estimate of drug-likeness (QED) is 0.514. The molecule has 1 amide bonds. The highest BCUT2D eigenvalue weighted by Crippen LogP contribution is 2.26. The molecule has 162 valence electrons. The number of amides is 1. The van der Waals surface area contributed by atoms with Crippen LogP contribution in [0.5, 0.6) is 0 Å². The highest BCUT2D eigenvalue weighted by molar-refractivity contribution is 7.92. The molecule has 31 heavy (non-hydrogen) atoms. The minimum absolute atomic E-state index is 0.0817. The van der Waals surface area contributed by atoms with Gasteiger partial charge in [-0.2, -0.15) is 0 Å². The number of para-hydroxylation sites is 1. The monoisotopic (exact) mass is 436 g/mol. The van der Waals surface area contributed by atoms with Crippen molar-refractivity contribution in [2.75, 3.05) is 10.0 Å². The average molecular weight is 437 g/mol. The van der Waals surface area contributed by atoms with Gasteiger partial charge in [-0.3, -0.25) is 9.52 Å². The number of carbonyl (C=O) groups excluding carboxylic acids is 1. The van der Waals surface area contributed by atoms with E-state index in [0.29, 0.717) is 11.3 Å². The smallest absolute Gasteiger partial charge is 0.262 e. The van der Waals surface area contributed by atoms with Crippen molar-refractivity contribution in [2.45, 2.75) is 45.4 Å². The van der Waals surface area contributed by atoms with E-state index >= 15 is 0 Å².